The highest BCUT2D eigenvalue weighted by atomic mass is 35.5. The summed E-state index contributed by atoms with van der Waals surface area (Å²) in [5.74, 6) is 0.864. The first-order valence-electron chi connectivity index (χ1n) is 6.75. The largest absolute Gasteiger partial charge is 0.357 e. The highest BCUT2D eigenvalue weighted by molar-refractivity contribution is 6.28. The molecule has 0 saturated carbocycles. The van der Waals surface area contributed by atoms with E-state index >= 15 is 0 Å². The Morgan fingerprint density at radius 3 is 2.40 bits per heavy atom. The van der Waals surface area contributed by atoms with Crippen molar-refractivity contribution in [3.05, 3.63) is 52.9 Å². The van der Waals surface area contributed by atoms with Gasteiger partial charge in [0.1, 0.15) is 5.82 Å². The summed E-state index contributed by atoms with van der Waals surface area (Å²) in [4.78, 5) is 10.7. The van der Waals surface area contributed by atoms with Gasteiger partial charge in [-0.15, -0.1) is 0 Å². The summed E-state index contributed by atoms with van der Waals surface area (Å²) >= 11 is 6.01. The van der Waals surface area contributed by atoms with E-state index in [9.17, 15) is 0 Å². The Bertz CT molecular complexity index is 578. The van der Waals surface area contributed by atoms with Crippen molar-refractivity contribution in [2.45, 2.75) is 13.8 Å². The number of hydrogen-bond acceptors (Lipinski definition) is 3. The summed E-state index contributed by atoms with van der Waals surface area (Å²) in [7, 11) is 0. The van der Waals surface area contributed by atoms with Gasteiger partial charge in [-0.2, -0.15) is 0 Å². The van der Waals surface area contributed by atoms with Crippen LogP contribution in [0, 0.1) is 0 Å². The lowest BCUT2D eigenvalue weighted by Gasteiger charge is -2.19. The molecule has 0 radical (unpaired) electrons. The molecule has 0 bridgehead atoms. The molecule has 0 saturated heterocycles. The normalized spacial score (nSPS) is 10.9. The van der Waals surface area contributed by atoms with Crippen LogP contribution in [0.3, 0.4) is 0 Å². The molecule has 3 nitrogen and oxygen atoms in total. The molecule has 0 aliphatic rings. The molecule has 0 aliphatic carbocycles. The summed E-state index contributed by atoms with van der Waals surface area (Å²) in [6, 6.07) is 12.1. The third-order valence-electron chi connectivity index (χ3n) is 3.04. The standard InChI is InChI=1S/C16H18ClN3/c1-3-20(4-2)15-12-14(18-16(17)19-15)11-10-13-8-6-5-7-9-13/h5-12H,3-4H2,1-2H3/b11-10+. The molecule has 0 aliphatic heterocycles. The zero-order chi connectivity index (χ0) is 14.4. The van der Waals surface area contributed by atoms with E-state index in [4.69, 9.17) is 11.6 Å². The number of benzene rings is 1. The third kappa shape index (κ3) is 3.81. The minimum atomic E-state index is 0.280. The van der Waals surface area contributed by atoms with Crippen molar-refractivity contribution in [2.75, 3.05) is 18.0 Å². The molecule has 0 amide bonds. The van der Waals surface area contributed by atoms with Crippen LogP contribution in [-0.2, 0) is 0 Å². The fourth-order valence-corrected chi connectivity index (χ4v) is 2.15. The van der Waals surface area contributed by atoms with Crippen LogP contribution in [0.5, 0.6) is 0 Å². The van der Waals surface area contributed by atoms with Gasteiger partial charge < -0.3 is 4.90 Å². The minimum absolute atomic E-state index is 0.280. The lowest BCUT2D eigenvalue weighted by atomic mass is 10.2. The number of hydrogen-bond donors (Lipinski definition) is 0. The summed E-state index contributed by atoms with van der Waals surface area (Å²) in [6.07, 6.45) is 3.97. The van der Waals surface area contributed by atoms with Crippen molar-refractivity contribution >= 4 is 29.6 Å². The first-order chi connectivity index (χ1) is 9.72. The predicted octanol–water partition coefficient (Wildman–Crippen LogP) is 4.15. The molecule has 1 heterocycles. The van der Waals surface area contributed by atoms with Gasteiger partial charge in [-0.1, -0.05) is 36.4 Å². The molecule has 2 aromatic rings. The highest BCUT2D eigenvalue weighted by Gasteiger charge is 2.06. The van der Waals surface area contributed by atoms with Crippen molar-refractivity contribution in [1.82, 2.24) is 9.97 Å². The van der Waals surface area contributed by atoms with E-state index in [1.54, 1.807) is 0 Å². The first kappa shape index (κ1) is 14.5. The van der Waals surface area contributed by atoms with Crippen LogP contribution >= 0.6 is 11.6 Å². The van der Waals surface area contributed by atoms with Crippen LogP contribution in [0.25, 0.3) is 12.2 Å². The lowest BCUT2D eigenvalue weighted by Crippen LogP contribution is -2.23. The number of halogens is 1. The molecule has 104 valence electrons. The highest BCUT2D eigenvalue weighted by Crippen LogP contribution is 2.17. The Balaban J connectivity index is 2.26. The molecule has 0 fully saturated rings. The molecule has 0 atom stereocenters. The molecule has 1 aromatic heterocycles. The molecule has 4 heteroatoms. The smallest absolute Gasteiger partial charge is 0.224 e. The van der Waals surface area contributed by atoms with Crippen LogP contribution < -0.4 is 4.90 Å². The van der Waals surface area contributed by atoms with Gasteiger partial charge in [0.15, 0.2) is 0 Å². The van der Waals surface area contributed by atoms with Crippen molar-refractivity contribution < 1.29 is 0 Å². The van der Waals surface area contributed by atoms with Gasteiger partial charge in [0.05, 0.1) is 5.69 Å². The number of anilines is 1. The maximum atomic E-state index is 6.01. The zero-order valence-corrected chi connectivity index (χ0v) is 12.5. The average molecular weight is 288 g/mol. The van der Waals surface area contributed by atoms with Crippen LogP contribution in [0.15, 0.2) is 36.4 Å². The molecular formula is C16H18ClN3. The van der Waals surface area contributed by atoms with E-state index in [2.05, 4.69) is 28.7 Å². The van der Waals surface area contributed by atoms with Crippen molar-refractivity contribution in [2.24, 2.45) is 0 Å². The fraction of sp³-hybridized carbons (Fsp3) is 0.250. The zero-order valence-electron chi connectivity index (χ0n) is 11.8. The molecular weight excluding hydrogens is 270 g/mol. The fourth-order valence-electron chi connectivity index (χ4n) is 1.96. The SMILES string of the molecule is CCN(CC)c1cc(/C=C/c2ccccc2)nc(Cl)n1. The van der Waals surface area contributed by atoms with Gasteiger partial charge in [0, 0.05) is 19.2 Å². The monoisotopic (exact) mass is 287 g/mol. The van der Waals surface area contributed by atoms with Gasteiger partial charge in [0.25, 0.3) is 0 Å². The summed E-state index contributed by atoms with van der Waals surface area (Å²) in [5, 5.41) is 0.280. The molecule has 0 unspecified atom stereocenters. The second-order valence-corrected chi connectivity index (χ2v) is 4.67. The van der Waals surface area contributed by atoms with Crippen LogP contribution in [0.2, 0.25) is 5.28 Å². The minimum Gasteiger partial charge on any atom is -0.357 e. The maximum Gasteiger partial charge on any atom is 0.224 e. The van der Waals surface area contributed by atoms with Crippen LogP contribution in [-0.4, -0.2) is 23.1 Å². The molecule has 1 aromatic carbocycles. The Kier molecular flexibility index (Phi) is 5.13. The van der Waals surface area contributed by atoms with E-state index in [0.29, 0.717) is 0 Å². The third-order valence-corrected chi connectivity index (χ3v) is 3.21. The van der Waals surface area contributed by atoms with E-state index < -0.39 is 0 Å². The van der Waals surface area contributed by atoms with Crippen molar-refractivity contribution in [3.8, 4) is 0 Å². The predicted molar refractivity (Wildman–Crippen MR) is 86.0 cm³/mol. The molecule has 0 N–H and O–H groups in total. The lowest BCUT2D eigenvalue weighted by molar-refractivity contribution is 0.841. The Morgan fingerprint density at radius 1 is 1.05 bits per heavy atom. The van der Waals surface area contributed by atoms with E-state index in [1.165, 1.54) is 0 Å². The molecule has 2 rings (SSSR count). The topological polar surface area (TPSA) is 29.0 Å². The number of nitrogens with zero attached hydrogens (tertiary/aromatic N) is 3. The Labute approximate surface area is 124 Å². The average Bonchev–Trinajstić information content (AvgIpc) is 2.47. The quantitative estimate of drug-likeness (QED) is 0.774. The van der Waals surface area contributed by atoms with Gasteiger partial charge in [-0.25, -0.2) is 9.97 Å². The van der Waals surface area contributed by atoms with Gasteiger partial charge in [-0.3, -0.25) is 0 Å². The summed E-state index contributed by atoms with van der Waals surface area (Å²) < 4.78 is 0. The Morgan fingerprint density at radius 2 is 1.75 bits per heavy atom. The number of aromatic nitrogens is 2. The number of rotatable bonds is 5. The van der Waals surface area contributed by atoms with Gasteiger partial charge in [-0.05, 0) is 37.1 Å². The van der Waals surface area contributed by atoms with Crippen molar-refractivity contribution in [1.29, 1.82) is 0 Å². The van der Waals surface area contributed by atoms with Crippen molar-refractivity contribution in [3.63, 3.8) is 0 Å². The van der Waals surface area contributed by atoms with E-state index in [0.717, 1.165) is 30.2 Å². The second kappa shape index (κ2) is 7.06. The first-order valence-corrected chi connectivity index (χ1v) is 7.13. The van der Waals surface area contributed by atoms with Crippen LogP contribution in [0.1, 0.15) is 25.1 Å². The van der Waals surface area contributed by atoms with E-state index in [1.807, 2.05) is 48.6 Å². The van der Waals surface area contributed by atoms with Gasteiger partial charge >= 0.3 is 0 Å². The Hall–Kier alpha value is -1.87. The van der Waals surface area contributed by atoms with E-state index in [-0.39, 0.29) is 5.28 Å². The summed E-state index contributed by atoms with van der Waals surface area (Å²) in [6.45, 7) is 5.98. The maximum absolute atomic E-state index is 6.01. The van der Waals surface area contributed by atoms with Gasteiger partial charge in [0.2, 0.25) is 5.28 Å². The molecule has 20 heavy (non-hydrogen) atoms. The van der Waals surface area contributed by atoms with Crippen LogP contribution in [0.4, 0.5) is 5.82 Å². The second-order valence-electron chi connectivity index (χ2n) is 4.34. The summed E-state index contributed by atoms with van der Waals surface area (Å²) in [5.41, 5.74) is 1.95. The molecule has 0 spiro atoms.